The summed E-state index contributed by atoms with van der Waals surface area (Å²) in [5, 5.41) is 16.3. The van der Waals surface area contributed by atoms with E-state index in [1.807, 2.05) is 37.3 Å². The van der Waals surface area contributed by atoms with Crippen LogP contribution in [0.15, 0.2) is 54.6 Å². The van der Waals surface area contributed by atoms with Crippen LogP contribution in [0.4, 0.5) is 4.79 Å². The standard InChI is InChI=1S/C35H48N4O8/c1-21-19-26(21)39(31(43)24(17-18-28(36)41)38-33(45)47-35(5,6)7)29(23-15-11-12-16-27(23)40)30(42)37-25(32(44)46-34(2,3)4)20-22-13-9-8-10-14-22/h8-16,21,24-26,29,40H,17-20H2,1-7H3,(H2,36,41)(H,37,42)(H,38,45). The zero-order chi connectivity index (χ0) is 35.1. The second-order valence-corrected chi connectivity index (χ2v) is 14.0. The molecule has 0 aliphatic heterocycles. The third-order valence-electron chi connectivity index (χ3n) is 7.40. The molecule has 5 atom stereocenters. The molecule has 0 spiro atoms. The van der Waals surface area contributed by atoms with Crippen molar-refractivity contribution in [1.29, 1.82) is 0 Å². The lowest BCUT2D eigenvalue weighted by Crippen LogP contribution is -2.56. The number of phenolic OH excluding ortho intramolecular Hbond substituents is 1. The summed E-state index contributed by atoms with van der Waals surface area (Å²) < 4.78 is 11.0. The summed E-state index contributed by atoms with van der Waals surface area (Å²) in [5.74, 6) is -3.04. The Balaban J connectivity index is 2.08. The number of carbonyl (C=O) groups excluding carboxylic acids is 5. The summed E-state index contributed by atoms with van der Waals surface area (Å²) in [5.41, 5.74) is 4.56. The van der Waals surface area contributed by atoms with E-state index in [1.54, 1.807) is 53.7 Å². The number of esters is 1. The lowest BCUT2D eigenvalue weighted by molar-refractivity contribution is -0.159. The number of primary amides is 1. The molecule has 0 saturated heterocycles. The number of phenols is 1. The van der Waals surface area contributed by atoms with Crippen LogP contribution in [-0.4, -0.2) is 69.1 Å². The first-order valence-electron chi connectivity index (χ1n) is 15.8. The summed E-state index contributed by atoms with van der Waals surface area (Å²) in [6, 6.07) is 10.9. The lowest BCUT2D eigenvalue weighted by Gasteiger charge is -2.36. The normalized spacial score (nSPS) is 17.8. The second-order valence-electron chi connectivity index (χ2n) is 14.0. The second kappa shape index (κ2) is 15.3. The Morgan fingerprint density at radius 2 is 1.47 bits per heavy atom. The van der Waals surface area contributed by atoms with Crippen LogP contribution in [0.3, 0.4) is 0 Å². The molecule has 0 aromatic heterocycles. The molecule has 2 aromatic carbocycles. The Morgan fingerprint density at radius 3 is 2.00 bits per heavy atom. The van der Waals surface area contributed by atoms with Crippen LogP contribution in [0.25, 0.3) is 0 Å². The number of hydrogen-bond donors (Lipinski definition) is 4. The highest BCUT2D eigenvalue weighted by atomic mass is 16.6. The van der Waals surface area contributed by atoms with Gasteiger partial charge in [0, 0.05) is 24.4 Å². The number of aromatic hydroxyl groups is 1. The minimum Gasteiger partial charge on any atom is -0.508 e. The molecule has 4 amide bonds. The number of carbonyl (C=O) groups is 5. The summed E-state index contributed by atoms with van der Waals surface area (Å²) in [6.07, 6.45) is -0.636. The Kier molecular flexibility index (Phi) is 12.0. The first kappa shape index (κ1) is 36.9. The molecule has 1 fully saturated rings. The molecule has 5 N–H and O–H groups in total. The van der Waals surface area contributed by atoms with Gasteiger partial charge >= 0.3 is 12.1 Å². The number of rotatable bonds is 13. The smallest absolute Gasteiger partial charge is 0.408 e. The van der Waals surface area contributed by atoms with Gasteiger partial charge in [-0.15, -0.1) is 0 Å². The first-order valence-corrected chi connectivity index (χ1v) is 15.8. The third-order valence-corrected chi connectivity index (χ3v) is 7.40. The number of alkyl carbamates (subject to hydrolysis) is 1. The van der Waals surface area contributed by atoms with E-state index in [0.717, 1.165) is 5.56 Å². The Bertz CT molecular complexity index is 1430. The third kappa shape index (κ3) is 11.3. The van der Waals surface area contributed by atoms with Gasteiger partial charge in [-0.2, -0.15) is 0 Å². The van der Waals surface area contributed by atoms with Crippen molar-refractivity contribution >= 4 is 29.8 Å². The van der Waals surface area contributed by atoms with E-state index in [-0.39, 0.29) is 36.5 Å². The van der Waals surface area contributed by atoms with Crippen molar-refractivity contribution in [3.05, 3.63) is 65.7 Å². The van der Waals surface area contributed by atoms with Gasteiger partial charge in [-0.05, 0) is 71.9 Å². The van der Waals surface area contributed by atoms with Crippen LogP contribution in [0, 0.1) is 5.92 Å². The van der Waals surface area contributed by atoms with Crippen molar-refractivity contribution in [2.24, 2.45) is 11.7 Å². The van der Waals surface area contributed by atoms with Gasteiger partial charge in [0.15, 0.2) is 0 Å². The lowest BCUT2D eigenvalue weighted by atomic mass is 9.99. The number of nitrogens with zero attached hydrogens (tertiary/aromatic N) is 1. The molecule has 12 heteroatoms. The maximum Gasteiger partial charge on any atom is 0.408 e. The van der Waals surface area contributed by atoms with E-state index < -0.39 is 65.2 Å². The molecule has 2 aromatic rings. The van der Waals surface area contributed by atoms with Crippen LogP contribution < -0.4 is 16.4 Å². The number of hydrogen-bond acceptors (Lipinski definition) is 8. The molecule has 256 valence electrons. The number of para-hydroxylation sites is 1. The monoisotopic (exact) mass is 652 g/mol. The van der Waals surface area contributed by atoms with Gasteiger partial charge in [0.1, 0.15) is 35.1 Å². The zero-order valence-corrected chi connectivity index (χ0v) is 28.2. The minimum absolute atomic E-state index is 0.0237. The van der Waals surface area contributed by atoms with Gasteiger partial charge in [0.05, 0.1) is 0 Å². The summed E-state index contributed by atoms with van der Waals surface area (Å²) >= 11 is 0. The molecule has 0 bridgehead atoms. The molecule has 0 heterocycles. The zero-order valence-electron chi connectivity index (χ0n) is 28.2. The summed E-state index contributed by atoms with van der Waals surface area (Å²) in [7, 11) is 0. The molecule has 3 rings (SSSR count). The molecule has 12 nitrogen and oxygen atoms in total. The van der Waals surface area contributed by atoms with Gasteiger partial charge in [-0.25, -0.2) is 9.59 Å². The van der Waals surface area contributed by atoms with Crippen LogP contribution >= 0.6 is 0 Å². The molecule has 1 saturated carbocycles. The predicted octanol–water partition coefficient (Wildman–Crippen LogP) is 3.90. The van der Waals surface area contributed by atoms with Crippen molar-refractivity contribution in [1.82, 2.24) is 15.5 Å². The van der Waals surface area contributed by atoms with Gasteiger partial charge in [0.2, 0.25) is 17.7 Å². The minimum atomic E-state index is -1.42. The highest BCUT2D eigenvalue weighted by Gasteiger charge is 2.49. The topological polar surface area (TPSA) is 177 Å². The van der Waals surface area contributed by atoms with Gasteiger partial charge in [-0.1, -0.05) is 55.5 Å². The molecule has 47 heavy (non-hydrogen) atoms. The molecular formula is C35H48N4O8. The van der Waals surface area contributed by atoms with Crippen molar-refractivity contribution in [3.8, 4) is 5.75 Å². The Labute approximate surface area is 276 Å². The van der Waals surface area contributed by atoms with Gasteiger partial charge in [-0.3, -0.25) is 14.4 Å². The Morgan fingerprint density at radius 1 is 0.894 bits per heavy atom. The molecule has 0 radical (unpaired) electrons. The highest BCUT2D eigenvalue weighted by Crippen LogP contribution is 2.42. The number of ether oxygens (including phenoxy) is 2. The van der Waals surface area contributed by atoms with Crippen molar-refractivity contribution < 1.29 is 38.6 Å². The highest BCUT2D eigenvalue weighted by molar-refractivity contribution is 5.95. The fourth-order valence-corrected chi connectivity index (χ4v) is 5.15. The van der Waals surface area contributed by atoms with E-state index in [4.69, 9.17) is 15.2 Å². The maximum absolute atomic E-state index is 14.5. The largest absolute Gasteiger partial charge is 0.508 e. The van der Waals surface area contributed by atoms with Gasteiger partial charge in [0.25, 0.3) is 0 Å². The summed E-state index contributed by atoms with van der Waals surface area (Å²) in [6.45, 7) is 12.1. The number of amides is 4. The molecular weight excluding hydrogens is 604 g/mol. The quantitative estimate of drug-likeness (QED) is 0.236. The van der Waals surface area contributed by atoms with Crippen molar-refractivity contribution in [2.75, 3.05) is 0 Å². The average Bonchev–Trinajstić information content (AvgIpc) is 3.67. The Hall–Kier alpha value is -4.61. The van der Waals surface area contributed by atoms with Crippen LogP contribution in [0.5, 0.6) is 5.75 Å². The predicted molar refractivity (Wildman–Crippen MR) is 175 cm³/mol. The SMILES string of the molecule is CC1CC1N(C(=O)C(CCC(N)=O)NC(=O)OC(C)(C)C)C(C(=O)NC(Cc1ccccc1)C(=O)OC(C)(C)C)c1ccccc1O. The summed E-state index contributed by atoms with van der Waals surface area (Å²) in [4.78, 5) is 68.3. The number of benzene rings is 2. The number of nitrogens with two attached hydrogens (primary N) is 1. The van der Waals surface area contributed by atoms with E-state index in [1.165, 1.54) is 17.0 Å². The molecule has 1 aliphatic rings. The van der Waals surface area contributed by atoms with Crippen molar-refractivity contribution in [2.45, 2.75) is 110 Å². The van der Waals surface area contributed by atoms with Crippen molar-refractivity contribution in [3.63, 3.8) is 0 Å². The van der Waals surface area contributed by atoms with Gasteiger partial charge < -0.3 is 35.8 Å². The molecule has 1 aliphatic carbocycles. The molecule has 5 unspecified atom stereocenters. The fraction of sp³-hybridized carbons (Fsp3) is 0.514. The van der Waals surface area contributed by atoms with E-state index >= 15 is 0 Å². The van der Waals surface area contributed by atoms with E-state index in [0.29, 0.717) is 6.42 Å². The van der Waals surface area contributed by atoms with Crippen LogP contribution in [0.2, 0.25) is 0 Å². The van der Waals surface area contributed by atoms with E-state index in [2.05, 4.69) is 10.6 Å². The number of nitrogens with one attached hydrogen (secondary N) is 2. The van der Waals surface area contributed by atoms with Crippen LogP contribution in [-0.2, 0) is 35.1 Å². The maximum atomic E-state index is 14.5. The average molecular weight is 653 g/mol. The van der Waals surface area contributed by atoms with Crippen LogP contribution in [0.1, 0.15) is 84.9 Å². The van der Waals surface area contributed by atoms with E-state index in [9.17, 15) is 29.1 Å². The first-order chi connectivity index (χ1) is 21.9. The fourth-order valence-electron chi connectivity index (χ4n) is 5.15.